The molecule has 8 N–H and O–H groups in total. The Hall–Kier alpha value is -4.19. The van der Waals surface area contributed by atoms with Gasteiger partial charge in [0.2, 0.25) is 0 Å². The highest BCUT2D eigenvalue weighted by molar-refractivity contribution is 6.33. The maximum atomic E-state index is 14.1. The quantitative estimate of drug-likeness (QED) is 0.0876. The van der Waals surface area contributed by atoms with E-state index in [-0.39, 0.29) is 40.1 Å². The largest absolute Gasteiger partial charge is 0.389 e. The Bertz CT molecular complexity index is 1840. The summed E-state index contributed by atoms with van der Waals surface area (Å²) in [6.07, 6.45) is 6.01. The number of aliphatic imine (C=N–C) groups is 1. The number of amides is 2. The molecule has 5 rings (SSSR count). The van der Waals surface area contributed by atoms with Crippen molar-refractivity contribution in [3.63, 3.8) is 0 Å². The average Bonchev–Trinajstić information content (AvgIpc) is 3.51. The summed E-state index contributed by atoms with van der Waals surface area (Å²) in [7, 11) is 0. The predicted molar refractivity (Wildman–Crippen MR) is 188 cm³/mol. The first-order valence-electron chi connectivity index (χ1n) is 15.8. The van der Waals surface area contributed by atoms with Crippen molar-refractivity contribution in [1.82, 2.24) is 14.9 Å². The van der Waals surface area contributed by atoms with Crippen molar-refractivity contribution in [2.75, 3.05) is 17.2 Å². The molecule has 1 saturated carbocycles. The van der Waals surface area contributed by atoms with Gasteiger partial charge < -0.3 is 32.5 Å². The van der Waals surface area contributed by atoms with Crippen LogP contribution in [0, 0.1) is 11.2 Å². The maximum absolute atomic E-state index is 14.1. The minimum Gasteiger partial charge on any atom is -0.389 e. The highest BCUT2D eigenvalue weighted by Crippen LogP contribution is 2.46. The van der Waals surface area contributed by atoms with E-state index in [1.165, 1.54) is 18.2 Å². The Morgan fingerprint density at radius 1 is 1.21 bits per heavy atom. The van der Waals surface area contributed by atoms with Gasteiger partial charge in [-0.3, -0.25) is 0 Å². The molecular formula is C35H44ClFN8O2. The molecule has 47 heavy (non-hydrogen) atoms. The fourth-order valence-electron chi connectivity index (χ4n) is 5.98. The third-order valence-electron chi connectivity index (χ3n) is 9.41. The average molecular weight is 663 g/mol. The fraction of sp³-hybridized carbons (Fsp3) is 0.400. The first-order valence-corrected chi connectivity index (χ1v) is 16.1. The molecule has 12 heteroatoms. The van der Waals surface area contributed by atoms with Gasteiger partial charge in [0.25, 0.3) is 0 Å². The molecule has 1 fully saturated rings. The van der Waals surface area contributed by atoms with Crippen LogP contribution in [-0.4, -0.2) is 50.3 Å². The summed E-state index contributed by atoms with van der Waals surface area (Å²) in [6.45, 7) is 11.8. The predicted octanol–water partition coefficient (Wildman–Crippen LogP) is 6.60. The van der Waals surface area contributed by atoms with Gasteiger partial charge in [0.05, 0.1) is 39.3 Å². The van der Waals surface area contributed by atoms with Gasteiger partial charge in [0.15, 0.2) is 0 Å². The Morgan fingerprint density at radius 2 is 1.96 bits per heavy atom. The second kappa shape index (κ2) is 12.8. The van der Waals surface area contributed by atoms with Gasteiger partial charge in [-0.25, -0.2) is 18.7 Å². The van der Waals surface area contributed by atoms with Gasteiger partial charge in [-0.1, -0.05) is 38.4 Å². The van der Waals surface area contributed by atoms with E-state index in [0.717, 1.165) is 40.7 Å². The molecule has 4 aromatic rings. The standard InChI is InChI=1S/C35H44ClFN8O2/c1-7-20-14-23(42-32(46)40-19-33(2,3)47)9-10-24(20)21-15-28-30(44-29-12-13-35(6,39)34(29,4)5)25(17-41-45(28)18-21)31(38)43-27-16-22(37)8-11-26(27)36/h8-11,14-18,29,44,47H,7,12-13,19,39H2,1-6H3,(H2,38,43)(H2,40,42,46)/t29?,35-/m0/s1. The summed E-state index contributed by atoms with van der Waals surface area (Å²) < 4.78 is 15.9. The molecular weight excluding hydrogens is 619 g/mol. The second-order valence-corrected chi connectivity index (χ2v) is 14.2. The maximum Gasteiger partial charge on any atom is 0.319 e. The van der Waals surface area contributed by atoms with E-state index >= 15 is 0 Å². The zero-order chi connectivity index (χ0) is 34.3. The topological polar surface area (TPSA) is 155 Å². The molecule has 10 nitrogen and oxygen atoms in total. The molecule has 250 valence electrons. The number of nitrogens with two attached hydrogens (primary N) is 2. The number of rotatable bonds is 9. The normalized spacial score (nSPS) is 19.6. The van der Waals surface area contributed by atoms with Crippen molar-refractivity contribution < 1.29 is 14.3 Å². The SMILES string of the molecule is CCc1cc(NC(=O)NCC(C)(C)O)ccc1-c1cc2c(NC3CC[C@](C)(N)C3(C)C)c(C(N)=Nc3cc(F)ccc3Cl)cnn2c1. The van der Waals surface area contributed by atoms with E-state index in [1.807, 2.05) is 30.5 Å². The van der Waals surface area contributed by atoms with Crippen LogP contribution in [-0.2, 0) is 6.42 Å². The lowest BCUT2D eigenvalue weighted by atomic mass is 9.75. The second-order valence-electron chi connectivity index (χ2n) is 13.8. The number of urea groups is 1. The molecule has 1 aliphatic rings. The zero-order valence-corrected chi connectivity index (χ0v) is 28.5. The number of hydrogen-bond donors (Lipinski definition) is 6. The van der Waals surface area contributed by atoms with E-state index in [9.17, 15) is 14.3 Å². The van der Waals surface area contributed by atoms with Gasteiger partial charge in [-0.2, -0.15) is 5.10 Å². The summed E-state index contributed by atoms with van der Waals surface area (Å²) in [6, 6.07) is 11.4. The molecule has 2 heterocycles. The molecule has 1 aliphatic carbocycles. The number of hydrogen-bond acceptors (Lipinski definition) is 6. The highest BCUT2D eigenvalue weighted by atomic mass is 35.5. The number of benzene rings is 2. The van der Waals surface area contributed by atoms with Crippen LogP contribution < -0.4 is 27.4 Å². The van der Waals surface area contributed by atoms with Gasteiger partial charge in [0.1, 0.15) is 11.7 Å². The van der Waals surface area contributed by atoms with Gasteiger partial charge in [-0.05, 0) is 81.5 Å². The summed E-state index contributed by atoms with van der Waals surface area (Å²) in [4.78, 5) is 16.9. The summed E-state index contributed by atoms with van der Waals surface area (Å²) in [5.41, 5.74) is 17.5. The van der Waals surface area contributed by atoms with Crippen molar-refractivity contribution in [3.8, 4) is 11.1 Å². The number of carbonyl (C=O) groups excluding carboxylic acids is 1. The summed E-state index contributed by atoms with van der Waals surface area (Å²) in [5, 5.41) is 24.2. The van der Waals surface area contributed by atoms with Crippen LogP contribution in [0.4, 0.5) is 26.2 Å². The third-order valence-corrected chi connectivity index (χ3v) is 9.73. The molecule has 2 amide bonds. The minimum absolute atomic E-state index is 0.0190. The monoisotopic (exact) mass is 662 g/mol. The number of anilines is 2. The number of amidine groups is 1. The van der Waals surface area contributed by atoms with Crippen LogP contribution in [0.3, 0.4) is 0 Å². The molecule has 0 bridgehead atoms. The Kier molecular flexibility index (Phi) is 9.29. The molecule has 0 saturated heterocycles. The van der Waals surface area contributed by atoms with Gasteiger partial charge in [0, 0.05) is 47.1 Å². The lowest BCUT2D eigenvalue weighted by molar-refractivity contribution is 0.0826. The van der Waals surface area contributed by atoms with Crippen molar-refractivity contribution in [3.05, 3.63) is 76.8 Å². The number of fused-ring (bicyclic) bond motifs is 1. The summed E-state index contributed by atoms with van der Waals surface area (Å²) in [5.74, 6) is -0.335. The van der Waals surface area contributed by atoms with Crippen molar-refractivity contribution in [1.29, 1.82) is 0 Å². The molecule has 0 radical (unpaired) electrons. The Labute approximate surface area is 279 Å². The van der Waals surface area contributed by atoms with Crippen LogP contribution in [0.25, 0.3) is 16.6 Å². The number of aromatic nitrogens is 2. The van der Waals surface area contributed by atoms with Crippen molar-refractivity contribution >= 4 is 46.0 Å². The minimum atomic E-state index is -1.02. The number of carbonyl (C=O) groups is 1. The smallest absolute Gasteiger partial charge is 0.319 e. The number of nitrogens with one attached hydrogen (secondary N) is 3. The van der Waals surface area contributed by atoms with E-state index in [1.54, 1.807) is 24.6 Å². The van der Waals surface area contributed by atoms with Crippen LogP contribution in [0.5, 0.6) is 0 Å². The van der Waals surface area contributed by atoms with Crippen LogP contribution in [0.1, 0.15) is 65.5 Å². The van der Waals surface area contributed by atoms with E-state index in [4.69, 9.17) is 23.1 Å². The zero-order valence-electron chi connectivity index (χ0n) is 27.7. The van der Waals surface area contributed by atoms with E-state index in [2.05, 4.69) is 53.7 Å². The number of halogens is 2. The number of aryl methyl sites for hydroxylation is 1. The lowest BCUT2D eigenvalue weighted by Gasteiger charge is -2.39. The van der Waals surface area contributed by atoms with Crippen LogP contribution in [0.2, 0.25) is 5.02 Å². The van der Waals surface area contributed by atoms with Crippen LogP contribution >= 0.6 is 11.6 Å². The molecule has 0 spiro atoms. The Morgan fingerprint density at radius 3 is 2.62 bits per heavy atom. The number of nitrogens with zero attached hydrogens (tertiary/aromatic N) is 3. The van der Waals surface area contributed by atoms with E-state index in [0.29, 0.717) is 17.7 Å². The molecule has 2 aromatic carbocycles. The third kappa shape index (κ3) is 7.22. The molecule has 0 aliphatic heterocycles. The molecule has 1 unspecified atom stereocenters. The van der Waals surface area contributed by atoms with Gasteiger partial charge >= 0.3 is 6.03 Å². The van der Waals surface area contributed by atoms with Crippen molar-refractivity contribution in [2.45, 2.75) is 78.0 Å². The molecule has 2 atom stereocenters. The Balaban J connectivity index is 1.56. The highest BCUT2D eigenvalue weighted by Gasteiger charge is 2.49. The first-order chi connectivity index (χ1) is 22.0. The van der Waals surface area contributed by atoms with E-state index < -0.39 is 17.4 Å². The summed E-state index contributed by atoms with van der Waals surface area (Å²) >= 11 is 6.33. The van der Waals surface area contributed by atoms with Crippen LogP contribution in [0.15, 0.2) is 59.9 Å². The van der Waals surface area contributed by atoms with Crippen molar-refractivity contribution in [2.24, 2.45) is 21.9 Å². The molecule has 2 aromatic heterocycles. The first kappa shape index (κ1) is 34.2. The fourth-order valence-corrected chi connectivity index (χ4v) is 6.14. The van der Waals surface area contributed by atoms with Gasteiger partial charge in [-0.15, -0.1) is 0 Å². The lowest BCUT2D eigenvalue weighted by Crippen LogP contribution is -2.51. The number of aliphatic hydroxyl groups is 1.